The zero-order valence-electron chi connectivity index (χ0n) is 7.14. The molecule has 0 heterocycles. The summed E-state index contributed by atoms with van der Waals surface area (Å²) >= 11 is 0. The van der Waals surface area contributed by atoms with Gasteiger partial charge in [-0.2, -0.15) is 13.2 Å². The third-order valence-corrected chi connectivity index (χ3v) is 1.66. The number of ketones is 1. The maximum atomic E-state index is 12.7. The summed E-state index contributed by atoms with van der Waals surface area (Å²) in [5, 5.41) is 0. The first kappa shape index (κ1) is 11.4. The van der Waals surface area contributed by atoms with E-state index in [1.807, 2.05) is 0 Å². The van der Waals surface area contributed by atoms with E-state index in [1.54, 1.807) is 0 Å². The van der Waals surface area contributed by atoms with Crippen LogP contribution < -0.4 is 0 Å². The van der Waals surface area contributed by atoms with Gasteiger partial charge in [0.2, 0.25) is 5.78 Å². The van der Waals surface area contributed by atoms with Crippen molar-refractivity contribution >= 4 is 12.1 Å². The zero-order chi connectivity index (χ0) is 11.6. The number of hydrogen-bond donors (Lipinski definition) is 0. The average Bonchev–Trinajstić information content (AvgIpc) is 2.15. The molecular formula is C9H4F4O2. The van der Waals surface area contributed by atoms with Crippen LogP contribution in [0.4, 0.5) is 17.6 Å². The lowest BCUT2D eigenvalue weighted by Crippen LogP contribution is -2.10. The Kier molecular flexibility index (Phi) is 2.88. The topological polar surface area (TPSA) is 34.1 Å². The Morgan fingerprint density at radius 1 is 1.27 bits per heavy atom. The largest absolute Gasteiger partial charge is 0.419 e. The maximum absolute atomic E-state index is 12.7. The molecule has 0 bridgehead atoms. The molecule has 0 amide bonds. The number of carbonyl (C=O) groups excluding carboxylic acids is 2. The molecule has 0 radical (unpaired) electrons. The van der Waals surface area contributed by atoms with E-state index in [1.165, 1.54) is 0 Å². The van der Waals surface area contributed by atoms with E-state index in [0.717, 1.165) is 6.07 Å². The van der Waals surface area contributed by atoms with Crippen LogP contribution in [0.2, 0.25) is 0 Å². The highest BCUT2D eigenvalue weighted by Gasteiger charge is 2.34. The fourth-order valence-corrected chi connectivity index (χ4v) is 0.964. The molecule has 80 valence electrons. The van der Waals surface area contributed by atoms with Gasteiger partial charge in [-0.15, -0.1) is 0 Å². The first-order valence-electron chi connectivity index (χ1n) is 3.72. The summed E-state index contributed by atoms with van der Waals surface area (Å²) in [6.07, 6.45) is -5.02. The van der Waals surface area contributed by atoms with Crippen LogP contribution in [0, 0.1) is 5.82 Å². The summed E-state index contributed by atoms with van der Waals surface area (Å²) < 4.78 is 49.2. The van der Waals surface area contributed by atoms with Gasteiger partial charge in [-0.05, 0) is 18.2 Å². The van der Waals surface area contributed by atoms with E-state index in [2.05, 4.69) is 0 Å². The number of Topliss-reactive ketones (excluding diaryl/α,β-unsaturated/α-hetero) is 1. The molecular weight excluding hydrogens is 216 g/mol. The van der Waals surface area contributed by atoms with Crippen LogP contribution in [0.1, 0.15) is 15.9 Å². The van der Waals surface area contributed by atoms with Crippen molar-refractivity contribution in [2.75, 3.05) is 0 Å². The van der Waals surface area contributed by atoms with Crippen LogP contribution in [0.15, 0.2) is 18.2 Å². The molecule has 1 aromatic carbocycles. The number of alkyl halides is 3. The third-order valence-electron chi connectivity index (χ3n) is 1.66. The van der Waals surface area contributed by atoms with Crippen molar-refractivity contribution in [3.63, 3.8) is 0 Å². The third kappa shape index (κ3) is 2.39. The van der Waals surface area contributed by atoms with Crippen molar-refractivity contribution in [2.24, 2.45) is 0 Å². The van der Waals surface area contributed by atoms with Gasteiger partial charge in [-0.3, -0.25) is 9.59 Å². The maximum Gasteiger partial charge on any atom is 0.419 e. The van der Waals surface area contributed by atoms with Crippen LogP contribution in [-0.2, 0) is 11.0 Å². The summed E-state index contributed by atoms with van der Waals surface area (Å²) in [5.74, 6) is -2.61. The molecule has 6 heteroatoms. The quantitative estimate of drug-likeness (QED) is 0.331. The van der Waals surface area contributed by atoms with Crippen molar-refractivity contribution in [3.8, 4) is 0 Å². The van der Waals surface area contributed by atoms with Crippen LogP contribution in [-0.4, -0.2) is 12.1 Å². The summed E-state index contributed by atoms with van der Waals surface area (Å²) in [7, 11) is 0. The molecule has 0 aliphatic heterocycles. The van der Waals surface area contributed by atoms with E-state index >= 15 is 0 Å². The van der Waals surface area contributed by atoms with Crippen LogP contribution >= 0.6 is 0 Å². The molecule has 0 atom stereocenters. The highest BCUT2D eigenvalue weighted by molar-refractivity contribution is 6.33. The highest BCUT2D eigenvalue weighted by Crippen LogP contribution is 2.31. The van der Waals surface area contributed by atoms with E-state index in [4.69, 9.17) is 0 Å². The lowest BCUT2D eigenvalue weighted by atomic mass is 10.1. The number of carbonyl (C=O) groups is 2. The molecule has 0 aliphatic carbocycles. The monoisotopic (exact) mass is 220 g/mol. The molecule has 0 saturated carbocycles. The number of hydrogen-bond acceptors (Lipinski definition) is 2. The Bertz CT molecular complexity index is 409. The van der Waals surface area contributed by atoms with Crippen molar-refractivity contribution in [2.45, 2.75) is 6.18 Å². The van der Waals surface area contributed by atoms with E-state index in [-0.39, 0.29) is 6.29 Å². The molecule has 0 fully saturated rings. The zero-order valence-corrected chi connectivity index (χ0v) is 7.14. The smallest absolute Gasteiger partial charge is 0.294 e. The lowest BCUT2D eigenvalue weighted by molar-refractivity contribution is -0.140. The second-order valence-corrected chi connectivity index (χ2v) is 2.67. The Morgan fingerprint density at radius 3 is 2.33 bits per heavy atom. The number of halogens is 4. The lowest BCUT2D eigenvalue weighted by Gasteiger charge is -2.08. The summed E-state index contributed by atoms with van der Waals surface area (Å²) in [6.45, 7) is 0. The summed E-state index contributed by atoms with van der Waals surface area (Å²) in [4.78, 5) is 20.8. The normalized spacial score (nSPS) is 11.2. The van der Waals surface area contributed by atoms with Gasteiger partial charge < -0.3 is 0 Å². The predicted octanol–water partition coefficient (Wildman–Crippen LogP) is 2.23. The first-order chi connectivity index (χ1) is 6.86. The Hall–Kier alpha value is -1.72. The minimum absolute atomic E-state index is 0.132. The molecule has 2 nitrogen and oxygen atoms in total. The summed E-state index contributed by atoms with van der Waals surface area (Å²) in [5.41, 5.74) is -2.05. The minimum atomic E-state index is -4.89. The van der Waals surface area contributed by atoms with Gasteiger partial charge in [0.05, 0.1) is 5.56 Å². The highest BCUT2D eigenvalue weighted by atomic mass is 19.4. The minimum Gasteiger partial charge on any atom is -0.294 e. The molecule has 0 unspecified atom stereocenters. The van der Waals surface area contributed by atoms with Crippen molar-refractivity contribution in [3.05, 3.63) is 35.1 Å². The number of aldehydes is 1. The Labute approximate surface area is 81.5 Å². The molecule has 0 N–H and O–H groups in total. The van der Waals surface area contributed by atoms with Crippen LogP contribution in [0.3, 0.4) is 0 Å². The van der Waals surface area contributed by atoms with Crippen molar-refractivity contribution < 1.29 is 27.2 Å². The molecule has 0 saturated heterocycles. The Morgan fingerprint density at radius 2 is 1.87 bits per heavy atom. The molecule has 15 heavy (non-hydrogen) atoms. The van der Waals surface area contributed by atoms with Crippen molar-refractivity contribution in [1.29, 1.82) is 0 Å². The fourth-order valence-electron chi connectivity index (χ4n) is 0.964. The van der Waals surface area contributed by atoms with Gasteiger partial charge in [0.25, 0.3) is 0 Å². The second kappa shape index (κ2) is 3.80. The van der Waals surface area contributed by atoms with Crippen molar-refractivity contribution in [1.82, 2.24) is 0 Å². The first-order valence-corrected chi connectivity index (χ1v) is 3.72. The second-order valence-electron chi connectivity index (χ2n) is 2.67. The van der Waals surface area contributed by atoms with Gasteiger partial charge in [0.1, 0.15) is 5.82 Å². The SMILES string of the molecule is O=CC(=O)c1ccc(F)c(C(F)(F)F)c1. The molecule has 0 aliphatic rings. The predicted molar refractivity (Wildman–Crippen MR) is 41.8 cm³/mol. The van der Waals surface area contributed by atoms with Crippen LogP contribution in [0.25, 0.3) is 0 Å². The molecule has 1 rings (SSSR count). The molecule has 1 aromatic rings. The van der Waals surface area contributed by atoms with Gasteiger partial charge in [-0.1, -0.05) is 0 Å². The number of rotatable bonds is 2. The van der Waals surface area contributed by atoms with E-state index < -0.39 is 28.9 Å². The fraction of sp³-hybridized carbons (Fsp3) is 0.111. The van der Waals surface area contributed by atoms with E-state index in [0.29, 0.717) is 12.1 Å². The molecule has 0 spiro atoms. The van der Waals surface area contributed by atoms with Gasteiger partial charge in [0.15, 0.2) is 6.29 Å². The summed E-state index contributed by atoms with van der Waals surface area (Å²) in [6, 6.07) is 1.63. The molecule has 0 aromatic heterocycles. The number of benzene rings is 1. The standard InChI is InChI=1S/C9H4F4O2/c10-7-2-1-5(8(15)4-14)3-6(7)9(11,12)13/h1-4H. The van der Waals surface area contributed by atoms with E-state index in [9.17, 15) is 27.2 Å². The van der Waals surface area contributed by atoms with Gasteiger partial charge >= 0.3 is 6.18 Å². The Balaban J connectivity index is 3.29. The average molecular weight is 220 g/mol. The van der Waals surface area contributed by atoms with Crippen LogP contribution in [0.5, 0.6) is 0 Å². The van der Waals surface area contributed by atoms with Gasteiger partial charge in [-0.25, -0.2) is 4.39 Å². The van der Waals surface area contributed by atoms with Gasteiger partial charge in [0, 0.05) is 5.56 Å².